The average molecular weight is 1740 g/mol. The number of ether oxygens (including phenoxy) is 1. The molecule has 4 aromatic rings. The zero-order valence-electron chi connectivity index (χ0n) is 67.8. The number of ketones is 2. The number of carboxylic acids is 3. The molecular weight excluding hydrogens is 1630 g/mol. The molecule has 650 valence electrons. The fraction of sp³-hybridized carbons (Fsp3) is 0.488. The summed E-state index contributed by atoms with van der Waals surface area (Å²) in [5.41, 5.74) is 8.20. The number of hydrogen-bond donors (Lipinski definition) is 8. The van der Waals surface area contributed by atoms with E-state index in [0.717, 1.165) is 63.6 Å². The van der Waals surface area contributed by atoms with Crippen molar-refractivity contribution < 1.29 is 128 Å². The average Bonchev–Trinajstić information content (AvgIpc) is 1.60. The number of anilines is 1. The van der Waals surface area contributed by atoms with Crippen molar-refractivity contribution in [1.29, 1.82) is 0 Å². The summed E-state index contributed by atoms with van der Waals surface area (Å²) < 4.78 is 128. The van der Waals surface area contributed by atoms with Gasteiger partial charge in [0.2, 0.25) is 17.5 Å². The van der Waals surface area contributed by atoms with Gasteiger partial charge in [-0.1, -0.05) is 98.8 Å². The molecule has 0 spiro atoms. The molecule has 2 aliphatic heterocycles. The topological polar surface area (TPSA) is 509 Å². The van der Waals surface area contributed by atoms with E-state index in [1.54, 1.807) is 36.4 Å². The van der Waals surface area contributed by atoms with Crippen molar-refractivity contribution in [3.05, 3.63) is 172 Å². The first-order valence-corrected chi connectivity index (χ1v) is 43.9. The van der Waals surface area contributed by atoms with Crippen LogP contribution < -0.4 is 30.9 Å². The number of benzene rings is 4. The molecule has 4 amide bonds. The lowest BCUT2D eigenvalue weighted by atomic mass is 9.81. The van der Waals surface area contributed by atoms with Gasteiger partial charge in [0.05, 0.1) is 55.0 Å². The molecule has 2 heterocycles. The number of nitrogens with zero attached hydrogens (tertiary/aromatic N) is 3. The van der Waals surface area contributed by atoms with Gasteiger partial charge in [-0.3, -0.25) is 28.5 Å². The maximum atomic E-state index is 14.6. The summed E-state index contributed by atoms with van der Waals surface area (Å²) >= 11 is 0. The summed E-state index contributed by atoms with van der Waals surface area (Å²) in [6.07, 6.45) is 13.1. The lowest BCUT2D eigenvalue weighted by Crippen LogP contribution is -2.47. The molecule has 4 atom stereocenters. The molecule has 0 radical (unpaired) electrons. The number of fused-ring (bicyclic) bond motifs is 2. The Balaban J connectivity index is 0.00000255. The number of hydrogen-bond acceptors (Lipinski definition) is 23. The number of urea groups is 1. The van der Waals surface area contributed by atoms with E-state index >= 15 is 0 Å². The number of aliphatic carboxylic acids is 3. The Morgan fingerprint density at radius 1 is 0.630 bits per heavy atom. The minimum absolute atomic E-state index is 0.00792. The van der Waals surface area contributed by atoms with Crippen LogP contribution in [0, 0.1) is 5.92 Å². The van der Waals surface area contributed by atoms with Crippen molar-refractivity contribution in [1.82, 2.24) is 21.3 Å². The lowest BCUT2D eigenvalue weighted by Gasteiger charge is -2.28. The zero-order valence-corrected chi connectivity index (χ0v) is 71.0. The van der Waals surface area contributed by atoms with Crippen molar-refractivity contribution in [3.63, 3.8) is 0 Å². The van der Waals surface area contributed by atoms with Gasteiger partial charge in [-0.2, -0.15) is 22.6 Å². The molecule has 0 saturated heterocycles. The molecule has 37 heteroatoms. The zero-order chi connectivity index (χ0) is 88.8. The number of quaternary nitrogens is 1. The van der Waals surface area contributed by atoms with Crippen molar-refractivity contribution in [3.8, 4) is 5.75 Å². The third-order valence-electron chi connectivity index (χ3n) is 20.0. The van der Waals surface area contributed by atoms with E-state index in [1.165, 1.54) is 0 Å². The maximum absolute atomic E-state index is 14.6. The van der Waals surface area contributed by atoms with Crippen LogP contribution in [0.1, 0.15) is 172 Å². The molecule has 1 aliphatic carbocycles. The quantitative estimate of drug-likeness (QED) is 0.00899. The highest BCUT2D eigenvalue weighted by Gasteiger charge is 2.45. The van der Waals surface area contributed by atoms with Crippen LogP contribution in [0.5, 0.6) is 5.75 Å². The Bertz CT molecular complexity index is 4840. The van der Waals surface area contributed by atoms with Crippen LogP contribution >= 0.6 is 0 Å². The van der Waals surface area contributed by atoms with Gasteiger partial charge >= 0.3 is 51.3 Å². The molecule has 0 aromatic heterocycles. The third-order valence-corrected chi connectivity index (χ3v) is 21.5. The number of allylic oxidation sites excluding steroid dienone is 7. The standard InChI is InChI=1S/C81H107N7O18S2.CO2.2O3S/c1-80(2)63-31-12-14-33-68(63)86(48-18-21-51-107(100,101)102)71(80)45-39-58-28-23-29-59(40-46-72-81(3,4)64-32-13-15-34-69(64)87(72)49-19-22-52-108(103,104)105)75(58)106-62-42-37-57(38-43-62)54-67(78(97)98)84-76(94)60(27-17-20-50-88(5,6)7)55-70(90)66(53-56-25-9-8-10-26-56)83-73(91)35-16-11-30-61(89)41-44-65(77(95)96)85-79(99)82-47-24-36-74(92)93;2-1-3;2*1-4(2)3/h8-10,12-15,25-26,31-34,37-40,42-43,45-46,60,65-67H,11,16-24,27-30,35-36,41,44,47-55H2,1-7H3,(H7-2,82,83,84,85,91,92,93,94,95,96,97,98,99,100,101,102,103,104,105);;;/p+1/t60-,65+,66+,67+;;;/m1.../s1. The summed E-state index contributed by atoms with van der Waals surface area (Å²) in [7, 11) is -8.67. The Labute approximate surface area is 696 Å². The monoisotopic (exact) mass is 1730 g/mol. The predicted octanol–water partition coefficient (Wildman–Crippen LogP) is 7.96. The minimum atomic E-state index is -4.41. The van der Waals surface area contributed by atoms with E-state index in [0.29, 0.717) is 73.2 Å². The molecule has 0 bridgehead atoms. The van der Waals surface area contributed by atoms with Crippen LogP contribution in [0.15, 0.2) is 150 Å². The Kier molecular flexibility index (Phi) is 41.6. The van der Waals surface area contributed by atoms with Crippen LogP contribution in [-0.2, 0) is 108 Å². The molecule has 0 saturated carbocycles. The van der Waals surface area contributed by atoms with E-state index in [-0.39, 0.29) is 114 Å². The van der Waals surface area contributed by atoms with E-state index < -0.39 is 124 Å². The van der Waals surface area contributed by atoms with E-state index in [4.69, 9.17) is 44.7 Å². The number of Topliss-reactive ketones (excluding diaryl/α,β-unsaturated/α-hetero) is 2. The third kappa shape index (κ3) is 36.7. The molecule has 119 heavy (non-hydrogen) atoms. The first kappa shape index (κ1) is 101. The van der Waals surface area contributed by atoms with E-state index in [9.17, 15) is 74.5 Å². The number of para-hydroxylation sites is 2. The number of carbonyl (C=O) groups excluding carboxylic acids is 7. The van der Waals surface area contributed by atoms with Gasteiger partial charge in [-0.05, 0) is 162 Å². The van der Waals surface area contributed by atoms with Crippen LogP contribution in [0.25, 0.3) is 0 Å². The van der Waals surface area contributed by atoms with Crippen LogP contribution in [0.2, 0.25) is 0 Å². The summed E-state index contributed by atoms with van der Waals surface area (Å²) in [5, 5.41) is 39.6. The first-order chi connectivity index (χ1) is 55.9. The second-order valence-corrected chi connectivity index (χ2v) is 34.7. The largest absolute Gasteiger partial charge is 0.748 e. The van der Waals surface area contributed by atoms with E-state index in [1.807, 2.05) is 75.7 Å². The van der Waals surface area contributed by atoms with Crippen LogP contribution in [0.4, 0.5) is 16.2 Å². The number of unbranched alkanes of at least 4 members (excludes halogenated alkanes) is 4. The molecule has 33 nitrogen and oxygen atoms in total. The molecule has 0 unspecified atom stereocenters. The smallest absolute Gasteiger partial charge is 0.425 e. The molecule has 8 N–H and O–H groups in total. The normalized spacial score (nSPS) is 15.6. The molecular formula is C82H108N7O26S4+. The number of nitrogens with one attached hydrogen (secondary N) is 4. The highest BCUT2D eigenvalue weighted by molar-refractivity contribution is 7.86. The van der Waals surface area contributed by atoms with Gasteiger partial charge in [0.15, 0.2) is 11.5 Å². The number of carboxylic acid groups (broad SMARTS) is 3. The number of amides is 4. The maximum Gasteiger partial charge on any atom is 0.425 e. The second-order valence-electron chi connectivity index (χ2n) is 30.8. The SMILES string of the molecule is CC1(C)C(=CC=C2CCCC(C=CC3=[N+](CCCCS(=O)(=O)O)c4ccccc4C3(C)C)=C2Oc2ccc(C[C@H](NC(=O)[C@H](CCCC[N+](C)(C)C)CC(=O)[C@H](Cc3ccccc3)NC(=O)CCCCC(=O)CC[C@H](NC(=O)NCCCC(=O)O)C(=O)O)C(=O)O)cc2)N(CCCCS(=O)(=O)[O-])c2ccccc21.O=C=O.O=S(=O)=O.O=S(=O)=O. The van der Waals surface area contributed by atoms with Gasteiger partial charge in [0, 0.05) is 104 Å². The van der Waals surface area contributed by atoms with Crippen LogP contribution in [-0.4, -0.2) is 212 Å². The highest BCUT2D eigenvalue weighted by atomic mass is 32.2. The summed E-state index contributed by atoms with van der Waals surface area (Å²) in [5.74, 6) is -6.31. The van der Waals surface area contributed by atoms with Crippen LogP contribution in [0.3, 0.4) is 0 Å². The molecule has 4 aromatic carbocycles. The molecule has 0 fully saturated rings. The fourth-order valence-electron chi connectivity index (χ4n) is 14.1. The van der Waals surface area contributed by atoms with Gasteiger partial charge in [-0.25, -0.2) is 22.8 Å². The van der Waals surface area contributed by atoms with Crippen molar-refractivity contribution in [2.24, 2.45) is 5.92 Å². The van der Waals surface area contributed by atoms with Gasteiger partial charge in [-0.15, -0.1) is 25.3 Å². The molecule has 7 rings (SSSR count). The van der Waals surface area contributed by atoms with Crippen molar-refractivity contribution in [2.45, 2.75) is 191 Å². The highest BCUT2D eigenvalue weighted by Crippen LogP contribution is 2.48. The van der Waals surface area contributed by atoms with E-state index in [2.05, 4.69) is 94.9 Å². The predicted molar refractivity (Wildman–Crippen MR) is 436 cm³/mol. The minimum Gasteiger partial charge on any atom is -0.748 e. The van der Waals surface area contributed by atoms with Crippen molar-refractivity contribution in [2.75, 3.05) is 63.7 Å². The fourth-order valence-corrected chi connectivity index (χ4v) is 15.2. The van der Waals surface area contributed by atoms with Gasteiger partial charge in [0.25, 0.3) is 10.1 Å². The van der Waals surface area contributed by atoms with Gasteiger partial charge in [0.1, 0.15) is 35.9 Å². The lowest BCUT2D eigenvalue weighted by molar-refractivity contribution is -0.870. The second kappa shape index (κ2) is 49.1. The Hall–Kier alpha value is -10.5. The summed E-state index contributed by atoms with van der Waals surface area (Å²) in [4.78, 5) is 122. The Morgan fingerprint density at radius 2 is 1.22 bits per heavy atom. The Morgan fingerprint density at radius 3 is 1.83 bits per heavy atom. The number of rotatable bonds is 45. The van der Waals surface area contributed by atoms with Gasteiger partial charge < -0.3 is 55.3 Å². The first-order valence-electron chi connectivity index (χ1n) is 38.7. The number of carbonyl (C=O) groups is 8. The molecule has 3 aliphatic rings. The summed E-state index contributed by atoms with van der Waals surface area (Å²) in [6, 6.07) is 27.4. The van der Waals surface area contributed by atoms with Crippen molar-refractivity contribution >= 4 is 112 Å². The summed E-state index contributed by atoms with van der Waals surface area (Å²) in [6.45, 7) is 10.3.